The lowest BCUT2D eigenvalue weighted by Crippen LogP contribution is -2.02. The number of carbonyl (C=O) groups excluding carboxylic acids is 1. The third-order valence-electron chi connectivity index (χ3n) is 2.67. The molecule has 1 rings (SSSR count). The van der Waals surface area contributed by atoms with Gasteiger partial charge in [-0.1, -0.05) is 43.2 Å². The summed E-state index contributed by atoms with van der Waals surface area (Å²) in [5, 5.41) is 0.0606. The number of halogens is 2. The van der Waals surface area contributed by atoms with Crippen LogP contribution in [0, 0.1) is 5.82 Å². The number of carbonyl (C=O) groups is 1. The lowest BCUT2D eigenvalue weighted by atomic mass is 10.0. The first-order valence-corrected chi connectivity index (χ1v) is 6.11. The van der Waals surface area contributed by atoms with E-state index in [9.17, 15) is 9.18 Å². The van der Waals surface area contributed by atoms with Crippen molar-refractivity contribution in [2.75, 3.05) is 0 Å². The van der Waals surface area contributed by atoms with Crippen LogP contribution in [-0.4, -0.2) is 5.78 Å². The van der Waals surface area contributed by atoms with Gasteiger partial charge in [0, 0.05) is 6.42 Å². The van der Waals surface area contributed by atoms with Crippen LogP contribution in [0.1, 0.15) is 32.3 Å². The summed E-state index contributed by atoms with van der Waals surface area (Å²) in [5.74, 6) is -0.574. The lowest BCUT2D eigenvalue weighted by Gasteiger charge is -2.03. The summed E-state index contributed by atoms with van der Waals surface area (Å²) in [6.45, 7) is 4.01. The van der Waals surface area contributed by atoms with Crippen molar-refractivity contribution >= 4 is 17.4 Å². The third-order valence-corrected chi connectivity index (χ3v) is 2.96. The normalized spacial score (nSPS) is 10.1. The van der Waals surface area contributed by atoms with Gasteiger partial charge in [-0.15, -0.1) is 0 Å². The van der Waals surface area contributed by atoms with E-state index in [0.717, 1.165) is 18.4 Å². The Morgan fingerprint density at radius 2 is 2.00 bits per heavy atom. The van der Waals surface area contributed by atoms with Crippen molar-refractivity contribution in [3.63, 3.8) is 0 Å². The van der Waals surface area contributed by atoms with Crippen molar-refractivity contribution in [2.45, 2.75) is 33.1 Å². The summed E-state index contributed by atoms with van der Waals surface area (Å²) in [7, 11) is 0. The van der Waals surface area contributed by atoms with Gasteiger partial charge in [-0.05, 0) is 30.5 Å². The molecule has 1 nitrogen and oxygen atoms in total. The fraction of sp³-hybridized carbons (Fsp3) is 0.357. The average molecular weight is 255 g/mol. The Hall–Kier alpha value is -1.15. The van der Waals surface area contributed by atoms with Gasteiger partial charge in [-0.2, -0.15) is 0 Å². The van der Waals surface area contributed by atoms with Crippen LogP contribution < -0.4 is 0 Å². The molecule has 0 radical (unpaired) electrons. The summed E-state index contributed by atoms with van der Waals surface area (Å²) in [4.78, 5) is 11.7. The smallest absolute Gasteiger partial charge is 0.160 e. The van der Waals surface area contributed by atoms with Gasteiger partial charge in [0.25, 0.3) is 0 Å². The van der Waals surface area contributed by atoms with Gasteiger partial charge in [0.15, 0.2) is 5.78 Å². The van der Waals surface area contributed by atoms with E-state index in [2.05, 4.69) is 0 Å². The van der Waals surface area contributed by atoms with Crippen molar-refractivity contribution in [3.8, 4) is 0 Å². The van der Waals surface area contributed by atoms with Crippen LogP contribution in [0.3, 0.4) is 0 Å². The van der Waals surface area contributed by atoms with Gasteiger partial charge in [-0.25, -0.2) is 4.39 Å². The van der Waals surface area contributed by atoms with Crippen LogP contribution in [0.2, 0.25) is 5.02 Å². The molecule has 1 aromatic carbocycles. The predicted molar refractivity (Wildman–Crippen MR) is 68.8 cm³/mol. The zero-order valence-corrected chi connectivity index (χ0v) is 10.9. The molecule has 0 aliphatic carbocycles. The van der Waals surface area contributed by atoms with Crippen LogP contribution in [0.5, 0.6) is 0 Å². The van der Waals surface area contributed by atoms with Crippen molar-refractivity contribution in [1.29, 1.82) is 0 Å². The van der Waals surface area contributed by atoms with Gasteiger partial charge in [0.2, 0.25) is 0 Å². The van der Waals surface area contributed by atoms with Gasteiger partial charge in [-0.3, -0.25) is 4.79 Å². The summed E-state index contributed by atoms with van der Waals surface area (Å²) < 4.78 is 13.6. The number of hydrogen-bond donors (Lipinski definition) is 0. The fourth-order valence-corrected chi connectivity index (χ4v) is 1.80. The SMILES string of the molecule is CCC(=CC(=O)Cc1cccc(Cl)c1F)CC. The highest BCUT2D eigenvalue weighted by molar-refractivity contribution is 6.30. The quantitative estimate of drug-likeness (QED) is 0.715. The minimum atomic E-state index is -0.495. The van der Waals surface area contributed by atoms with Crippen LogP contribution in [-0.2, 0) is 11.2 Å². The highest BCUT2D eigenvalue weighted by Gasteiger charge is 2.09. The van der Waals surface area contributed by atoms with E-state index in [4.69, 9.17) is 11.6 Å². The minimum Gasteiger partial charge on any atom is -0.294 e. The first-order chi connectivity index (χ1) is 8.08. The van der Waals surface area contributed by atoms with E-state index in [1.807, 2.05) is 13.8 Å². The van der Waals surface area contributed by atoms with E-state index in [1.54, 1.807) is 18.2 Å². The number of benzene rings is 1. The maximum atomic E-state index is 13.6. The minimum absolute atomic E-state index is 0.0606. The van der Waals surface area contributed by atoms with E-state index < -0.39 is 5.82 Å². The van der Waals surface area contributed by atoms with E-state index in [-0.39, 0.29) is 17.2 Å². The van der Waals surface area contributed by atoms with Crippen LogP contribution in [0.4, 0.5) is 4.39 Å². The number of allylic oxidation sites excluding steroid dienone is 2. The first kappa shape index (κ1) is 13.9. The molecule has 0 amide bonds. The predicted octanol–water partition coefficient (Wildman–Crippen LogP) is 4.34. The molecule has 17 heavy (non-hydrogen) atoms. The molecule has 0 heterocycles. The van der Waals surface area contributed by atoms with E-state index >= 15 is 0 Å². The molecule has 0 N–H and O–H groups in total. The molecule has 1 aromatic rings. The molecule has 0 saturated carbocycles. The molecule has 0 aliphatic heterocycles. The summed E-state index contributed by atoms with van der Waals surface area (Å²) in [5.41, 5.74) is 1.43. The van der Waals surface area contributed by atoms with E-state index in [0.29, 0.717) is 5.56 Å². The van der Waals surface area contributed by atoms with Crippen molar-refractivity contribution in [2.24, 2.45) is 0 Å². The second-order valence-electron chi connectivity index (χ2n) is 3.87. The molecule has 0 spiro atoms. The van der Waals surface area contributed by atoms with Gasteiger partial charge in [0.1, 0.15) is 5.82 Å². The monoisotopic (exact) mass is 254 g/mol. The summed E-state index contributed by atoms with van der Waals surface area (Å²) in [6.07, 6.45) is 3.37. The topological polar surface area (TPSA) is 17.1 Å². The molecule has 0 fully saturated rings. The van der Waals surface area contributed by atoms with Crippen LogP contribution in [0.15, 0.2) is 29.8 Å². The third kappa shape index (κ3) is 3.97. The fourth-order valence-electron chi connectivity index (χ4n) is 1.61. The maximum absolute atomic E-state index is 13.6. The average Bonchev–Trinajstić information content (AvgIpc) is 2.32. The number of rotatable bonds is 5. The van der Waals surface area contributed by atoms with E-state index in [1.165, 1.54) is 6.07 Å². The molecule has 0 aliphatic rings. The molecule has 0 saturated heterocycles. The Balaban J connectivity index is 2.82. The highest BCUT2D eigenvalue weighted by Crippen LogP contribution is 2.18. The Labute approximate surface area is 106 Å². The molecule has 3 heteroatoms. The molecular formula is C14H16ClFO. The van der Waals surface area contributed by atoms with Gasteiger partial charge >= 0.3 is 0 Å². The molecule has 0 unspecified atom stereocenters. The second kappa shape index (κ2) is 6.55. The maximum Gasteiger partial charge on any atom is 0.160 e. The Bertz CT molecular complexity index is 432. The molecule has 0 aromatic heterocycles. The van der Waals surface area contributed by atoms with Crippen molar-refractivity contribution in [1.82, 2.24) is 0 Å². The summed E-state index contributed by atoms with van der Waals surface area (Å²) >= 11 is 5.66. The summed E-state index contributed by atoms with van der Waals surface area (Å²) in [6, 6.07) is 4.72. The zero-order valence-electron chi connectivity index (χ0n) is 10.1. The highest BCUT2D eigenvalue weighted by atomic mass is 35.5. The largest absolute Gasteiger partial charge is 0.294 e. The molecule has 0 bridgehead atoms. The number of ketones is 1. The Morgan fingerprint density at radius 3 is 2.59 bits per heavy atom. The second-order valence-corrected chi connectivity index (χ2v) is 4.27. The standard InChI is InChI=1S/C14H16ClFO/c1-3-10(4-2)8-12(17)9-11-6-5-7-13(15)14(11)16/h5-8H,3-4,9H2,1-2H3. The molecule has 0 atom stereocenters. The number of hydrogen-bond acceptors (Lipinski definition) is 1. The Morgan fingerprint density at radius 1 is 1.35 bits per heavy atom. The van der Waals surface area contributed by atoms with Gasteiger partial charge in [0.05, 0.1) is 5.02 Å². The lowest BCUT2D eigenvalue weighted by molar-refractivity contribution is -0.114. The zero-order chi connectivity index (χ0) is 12.8. The molecule has 92 valence electrons. The van der Waals surface area contributed by atoms with Crippen LogP contribution >= 0.6 is 11.6 Å². The van der Waals surface area contributed by atoms with Crippen LogP contribution in [0.25, 0.3) is 0 Å². The van der Waals surface area contributed by atoms with Gasteiger partial charge < -0.3 is 0 Å². The first-order valence-electron chi connectivity index (χ1n) is 5.73. The molecular weight excluding hydrogens is 239 g/mol. The van der Waals surface area contributed by atoms with Crippen molar-refractivity contribution in [3.05, 3.63) is 46.3 Å². The Kier molecular flexibility index (Phi) is 5.36. The van der Waals surface area contributed by atoms with Crippen molar-refractivity contribution < 1.29 is 9.18 Å².